The molecule has 0 aliphatic carbocycles. The highest BCUT2D eigenvalue weighted by Gasteiger charge is 2.31. The Kier molecular flexibility index (Phi) is 7.46. The lowest BCUT2D eigenvalue weighted by Crippen LogP contribution is -2.25. The number of aromatic nitrogens is 1. The molecule has 0 unspecified atom stereocenters. The van der Waals surface area contributed by atoms with E-state index in [1.54, 1.807) is 19.2 Å². The SMILES string of the molecule is COc1ccc(CCN(Cc2ccc(C#CC(=O)O)cc2)c2nc3cc(C(F)(F)F)ccc3s2)cc1. The summed E-state index contributed by atoms with van der Waals surface area (Å²) in [5.41, 5.74) is 2.17. The van der Waals surface area contributed by atoms with Gasteiger partial charge in [-0.2, -0.15) is 13.2 Å². The summed E-state index contributed by atoms with van der Waals surface area (Å²) in [5.74, 6) is 4.21. The normalized spacial score (nSPS) is 11.1. The fourth-order valence-corrected chi connectivity index (χ4v) is 4.54. The van der Waals surface area contributed by atoms with Gasteiger partial charge in [0.2, 0.25) is 0 Å². The van der Waals surface area contributed by atoms with Crippen LogP contribution in [0.5, 0.6) is 5.75 Å². The molecule has 4 aromatic rings. The Bertz CT molecular complexity index is 1420. The number of methoxy groups -OCH3 is 1. The Morgan fingerprint density at radius 1 is 1.06 bits per heavy atom. The minimum atomic E-state index is -4.43. The van der Waals surface area contributed by atoms with Crippen molar-refractivity contribution in [3.63, 3.8) is 0 Å². The third-order valence-electron chi connectivity index (χ3n) is 5.44. The number of alkyl halides is 3. The van der Waals surface area contributed by atoms with Gasteiger partial charge >= 0.3 is 12.1 Å². The molecule has 0 aliphatic rings. The molecule has 36 heavy (non-hydrogen) atoms. The van der Waals surface area contributed by atoms with Crippen molar-refractivity contribution in [3.8, 4) is 17.6 Å². The predicted octanol–water partition coefficient (Wildman–Crippen LogP) is 6.01. The van der Waals surface area contributed by atoms with E-state index in [-0.39, 0.29) is 0 Å². The number of fused-ring (bicyclic) bond motifs is 1. The fourth-order valence-electron chi connectivity index (χ4n) is 3.56. The van der Waals surface area contributed by atoms with Crippen LogP contribution in [0, 0.1) is 11.8 Å². The maximum absolute atomic E-state index is 13.2. The van der Waals surface area contributed by atoms with Crippen molar-refractivity contribution in [2.75, 3.05) is 18.6 Å². The van der Waals surface area contributed by atoms with E-state index in [1.807, 2.05) is 41.3 Å². The van der Waals surface area contributed by atoms with Gasteiger partial charge in [0.1, 0.15) is 5.75 Å². The Morgan fingerprint density at radius 2 is 1.75 bits per heavy atom. The molecule has 184 valence electrons. The van der Waals surface area contributed by atoms with Crippen molar-refractivity contribution in [2.24, 2.45) is 0 Å². The molecule has 0 amide bonds. The van der Waals surface area contributed by atoms with E-state index in [4.69, 9.17) is 9.84 Å². The van der Waals surface area contributed by atoms with E-state index in [0.717, 1.165) is 29.0 Å². The topological polar surface area (TPSA) is 62.7 Å². The molecule has 1 N–H and O–H groups in total. The maximum atomic E-state index is 13.2. The number of halogens is 3. The molecule has 1 aromatic heterocycles. The van der Waals surface area contributed by atoms with Gasteiger partial charge in [0.05, 0.1) is 22.9 Å². The number of carbonyl (C=O) groups is 1. The molecule has 0 aliphatic heterocycles. The zero-order valence-electron chi connectivity index (χ0n) is 19.2. The summed E-state index contributed by atoms with van der Waals surface area (Å²) < 4.78 is 45.4. The molecule has 5 nitrogen and oxygen atoms in total. The van der Waals surface area contributed by atoms with Crippen molar-refractivity contribution in [1.82, 2.24) is 4.98 Å². The number of carboxylic acids is 1. The second kappa shape index (κ2) is 10.7. The lowest BCUT2D eigenvalue weighted by atomic mass is 10.1. The average Bonchev–Trinajstić information content (AvgIpc) is 3.29. The van der Waals surface area contributed by atoms with Crippen LogP contribution in [-0.2, 0) is 23.9 Å². The highest BCUT2D eigenvalue weighted by molar-refractivity contribution is 7.22. The smallest absolute Gasteiger partial charge is 0.416 e. The van der Waals surface area contributed by atoms with Gasteiger partial charge in [-0.05, 0) is 60.0 Å². The highest BCUT2D eigenvalue weighted by Crippen LogP contribution is 2.35. The van der Waals surface area contributed by atoms with Crippen LogP contribution in [0.1, 0.15) is 22.3 Å². The van der Waals surface area contributed by atoms with Gasteiger partial charge in [-0.25, -0.2) is 9.78 Å². The lowest BCUT2D eigenvalue weighted by Gasteiger charge is -2.22. The summed E-state index contributed by atoms with van der Waals surface area (Å²) in [5, 5.41) is 9.34. The average molecular weight is 511 g/mol. The molecule has 0 saturated heterocycles. The zero-order chi connectivity index (χ0) is 25.7. The molecule has 1 heterocycles. The molecule has 0 fully saturated rings. The number of thiazole rings is 1. The second-order valence-corrected chi connectivity index (χ2v) is 8.96. The third kappa shape index (κ3) is 6.34. The van der Waals surface area contributed by atoms with Crippen LogP contribution in [0.3, 0.4) is 0 Å². The monoisotopic (exact) mass is 510 g/mol. The highest BCUT2D eigenvalue weighted by atomic mass is 32.1. The van der Waals surface area contributed by atoms with Crippen LogP contribution in [0.2, 0.25) is 0 Å². The Labute approximate surface area is 209 Å². The van der Waals surface area contributed by atoms with Crippen molar-refractivity contribution in [1.29, 1.82) is 0 Å². The van der Waals surface area contributed by atoms with Gasteiger partial charge < -0.3 is 14.7 Å². The van der Waals surface area contributed by atoms with E-state index in [9.17, 15) is 18.0 Å². The Balaban J connectivity index is 1.60. The van der Waals surface area contributed by atoms with Gasteiger partial charge in [0.15, 0.2) is 5.13 Å². The molecule has 0 saturated carbocycles. The largest absolute Gasteiger partial charge is 0.497 e. The number of nitrogens with zero attached hydrogens (tertiary/aromatic N) is 2. The molecule has 9 heteroatoms. The Morgan fingerprint density at radius 3 is 2.39 bits per heavy atom. The number of hydrogen-bond donors (Lipinski definition) is 1. The van der Waals surface area contributed by atoms with Crippen molar-refractivity contribution >= 4 is 32.7 Å². The van der Waals surface area contributed by atoms with Crippen molar-refractivity contribution < 1.29 is 27.8 Å². The van der Waals surface area contributed by atoms with Crippen LogP contribution < -0.4 is 9.64 Å². The summed E-state index contributed by atoms with van der Waals surface area (Å²) in [6.45, 7) is 1.05. The maximum Gasteiger partial charge on any atom is 0.416 e. The van der Waals surface area contributed by atoms with Crippen molar-refractivity contribution in [2.45, 2.75) is 19.1 Å². The van der Waals surface area contributed by atoms with E-state index in [2.05, 4.69) is 16.8 Å². The second-order valence-electron chi connectivity index (χ2n) is 7.95. The number of anilines is 1. The first-order valence-corrected chi connectivity index (χ1v) is 11.7. The van der Waals surface area contributed by atoms with E-state index in [1.165, 1.54) is 17.4 Å². The number of hydrogen-bond acceptors (Lipinski definition) is 5. The molecular weight excluding hydrogens is 489 g/mol. The summed E-state index contributed by atoms with van der Waals surface area (Å²) >= 11 is 1.34. The Hall–Kier alpha value is -4.03. The van der Waals surface area contributed by atoms with E-state index in [0.29, 0.717) is 40.4 Å². The number of aliphatic carboxylic acids is 1. The molecule has 0 spiro atoms. The van der Waals surface area contributed by atoms with Crippen LogP contribution in [-0.4, -0.2) is 29.7 Å². The van der Waals surface area contributed by atoms with Gasteiger partial charge in [-0.3, -0.25) is 0 Å². The molecule has 3 aromatic carbocycles. The van der Waals surface area contributed by atoms with Crippen LogP contribution in [0.25, 0.3) is 10.2 Å². The first-order valence-electron chi connectivity index (χ1n) is 10.9. The number of benzene rings is 3. The fraction of sp³-hybridized carbons (Fsp3) is 0.185. The number of rotatable bonds is 7. The van der Waals surface area contributed by atoms with Crippen molar-refractivity contribution in [3.05, 3.63) is 89.0 Å². The van der Waals surface area contributed by atoms with Crippen LogP contribution in [0.4, 0.5) is 18.3 Å². The zero-order valence-corrected chi connectivity index (χ0v) is 20.0. The molecule has 0 radical (unpaired) electrons. The summed E-state index contributed by atoms with van der Waals surface area (Å²) in [7, 11) is 1.60. The van der Waals surface area contributed by atoms with Crippen LogP contribution >= 0.6 is 11.3 Å². The molecule has 4 rings (SSSR count). The summed E-state index contributed by atoms with van der Waals surface area (Å²) in [6, 6.07) is 18.5. The lowest BCUT2D eigenvalue weighted by molar-refractivity contribution is -0.137. The van der Waals surface area contributed by atoms with Gasteiger partial charge in [-0.1, -0.05) is 41.5 Å². The summed E-state index contributed by atoms with van der Waals surface area (Å²) in [4.78, 5) is 17.2. The molecular formula is C27H21F3N2O3S. The van der Waals surface area contributed by atoms with Crippen LogP contribution in [0.15, 0.2) is 66.7 Å². The predicted molar refractivity (Wildman–Crippen MR) is 133 cm³/mol. The minimum Gasteiger partial charge on any atom is -0.497 e. The standard InChI is InChI=1S/C27H21F3N2O3S/c1-35-22-10-6-19(7-11-22)14-15-32(17-20-4-2-18(3-5-20)8-13-25(33)34)26-31-23-16-21(27(28,29)30)9-12-24(23)36-26/h2-7,9-12,16H,14-15,17H2,1H3,(H,33,34). The first-order chi connectivity index (χ1) is 17.2. The van der Waals surface area contributed by atoms with E-state index < -0.39 is 17.7 Å². The first kappa shape index (κ1) is 25.1. The third-order valence-corrected chi connectivity index (χ3v) is 6.54. The molecule has 0 bridgehead atoms. The number of carboxylic acid groups (broad SMARTS) is 1. The van der Waals surface area contributed by atoms with Gasteiger partial charge in [0, 0.05) is 24.6 Å². The van der Waals surface area contributed by atoms with Gasteiger partial charge in [0.25, 0.3) is 0 Å². The quantitative estimate of drug-likeness (QED) is 0.309. The van der Waals surface area contributed by atoms with E-state index >= 15 is 0 Å². The summed E-state index contributed by atoms with van der Waals surface area (Å²) in [6.07, 6.45) is -3.74. The number of ether oxygens (including phenoxy) is 1. The van der Waals surface area contributed by atoms with Gasteiger partial charge in [-0.15, -0.1) is 0 Å². The molecule has 0 atom stereocenters. The minimum absolute atomic E-state index is 0.304.